The van der Waals surface area contributed by atoms with Gasteiger partial charge in [0, 0.05) is 7.11 Å². The Kier molecular flexibility index (Phi) is 6.48. The minimum atomic E-state index is -0.433. The number of aliphatic hydroxyl groups is 1. The lowest BCUT2D eigenvalue weighted by atomic mass is 10.2. The number of hydrogen-bond acceptors (Lipinski definition) is 5. The van der Waals surface area contributed by atoms with Gasteiger partial charge in [0.25, 0.3) is 0 Å². The molecule has 2 N–H and O–H groups in total. The SMILES string of the molecule is COCC(CO)NC(C)C(=O)OC. The molecule has 0 radical (unpaired) electrons. The predicted molar refractivity (Wildman–Crippen MR) is 47.4 cm³/mol. The van der Waals surface area contributed by atoms with Gasteiger partial charge in [0.2, 0.25) is 0 Å². The fourth-order valence-corrected chi connectivity index (χ4v) is 0.953. The van der Waals surface area contributed by atoms with Crippen molar-refractivity contribution in [3.63, 3.8) is 0 Å². The number of nitrogens with one attached hydrogen (secondary N) is 1. The lowest BCUT2D eigenvalue weighted by Crippen LogP contribution is -2.45. The third-order valence-corrected chi connectivity index (χ3v) is 1.63. The van der Waals surface area contributed by atoms with E-state index in [4.69, 9.17) is 9.84 Å². The van der Waals surface area contributed by atoms with Crippen LogP contribution in [0.15, 0.2) is 0 Å². The number of hydrogen-bond donors (Lipinski definition) is 2. The van der Waals surface area contributed by atoms with Gasteiger partial charge in [-0.15, -0.1) is 0 Å². The van der Waals surface area contributed by atoms with Gasteiger partial charge in [0.1, 0.15) is 6.04 Å². The number of aliphatic hydroxyl groups excluding tert-OH is 1. The molecule has 0 saturated carbocycles. The zero-order chi connectivity index (χ0) is 10.3. The third-order valence-electron chi connectivity index (χ3n) is 1.63. The summed E-state index contributed by atoms with van der Waals surface area (Å²) in [6, 6.07) is -0.670. The Morgan fingerprint density at radius 1 is 1.54 bits per heavy atom. The average Bonchev–Trinajstić information content (AvgIpc) is 2.15. The number of carbonyl (C=O) groups is 1. The van der Waals surface area contributed by atoms with E-state index in [1.165, 1.54) is 14.2 Å². The molecule has 78 valence electrons. The van der Waals surface area contributed by atoms with E-state index >= 15 is 0 Å². The minimum Gasteiger partial charge on any atom is -0.468 e. The van der Waals surface area contributed by atoms with Gasteiger partial charge in [-0.25, -0.2) is 0 Å². The first kappa shape index (κ1) is 12.3. The van der Waals surface area contributed by atoms with Crippen molar-refractivity contribution < 1.29 is 19.4 Å². The van der Waals surface area contributed by atoms with Gasteiger partial charge in [-0.05, 0) is 6.92 Å². The van der Waals surface area contributed by atoms with Crippen LogP contribution in [0.5, 0.6) is 0 Å². The second-order valence-corrected chi connectivity index (χ2v) is 2.75. The van der Waals surface area contributed by atoms with E-state index in [-0.39, 0.29) is 18.6 Å². The summed E-state index contributed by atoms with van der Waals surface area (Å²) in [5.41, 5.74) is 0. The van der Waals surface area contributed by atoms with Crippen LogP contribution in [0, 0.1) is 0 Å². The predicted octanol–water partition coefficient (Wildman–Crippen LogP) is -0.855. The number of methoxy groups -OCH3 is 2. The van der Waals surface area contributed by atoms with Gasteiger partial charge >= 0.3 is 5.97 Å². The Balaban J connectivity index is 3.85. The Hall–Kier alpha value is -0.650. The van der Waals surface area contributed by atoms with Gasteiger partial charge in [-0.2, -0.15) is 0 Å². The van der Waals surface area contributed by atoms with Gasteiger partial charge in [-0.3, -0.25) is 10.1 Å². The minimum absolute atomic E-state index is 0.0742. The summed E-state index contributed by atoms with van der Waals surface area (Å²) in [4.78, 5) is 11.0. The van der Waals surface area contributed by atoms with Crippen LogP contribution in [0.1, 0.15) is 6.92 Å². The van der Waals surface area contributed by atoms with Crippen molar-refractivity contribution in [3.8, 4) is 0 Å². The lowest BCUT2D eigenvalue weighted by molar-refractivity contribution is -0.143. The molecular formula is C8H17NO4. The van der Waals surface area contributed by atoms with E-state index in [1.54, 1.807) is 6.92 Å². The molecule has 0 rings (SSSR count). The molecule has 0 spiro atoms. The quantitative estimate of drug-likeness (QED) is 0.535. The molecule has 2 unspecified atom stereocenters. The molecule has 0 saturated heterocycles. The van der Waals surface area contributed by atoms with Crippen LogP contribution in [0.4, 0.5) is 0 Å². The maximum atomic E-state index is 11.0. The van der Waals surface area contributed by atoms with Crippen molar-refractivity contribution in [1.29, 1.82) is 0 Å². The van der Waals surface area contributed by atoms with Crippen LogP contribution in [0.2, 0.25) is 0 Å². The maximum Gasteiger partial charge on any atom is 0.322 e. The molecule has 0 aliphatic rings. The summed E-state index contributed by atoms with van der Waals surface area (Å²) in [5, 5.41) is 11.7. The summed E-state index contributed by atoms with van der Waals surface area (Å²) in [7, 11) is 2.86. The molecule has 0 aromatic carbocycles. The molecular weight excluding hydrogens is 174 g/mol. The second kappa shape index (κ2) is 6.82. The number of esters is 1. The zero-order valence-electron chi connectivity index (χ0n) is 8.24. The molecule has 0 aromatic heterocycles. The highest BCUT2D eigenvalue weighted by Gasteiger charge is 2.17. The number of carbonyl (C=O) groups excluding carboxylic acids is 1. The average molecular weight is 191 g/mol. The summed E-state index contributed by atoms with van der Waals surface area (Å²) in [6.07, 6.45) is 0. The fraction of sp³-hybridized carbons (Fsp3) is 0.875. The molecule has 0 fully saturated rings. The van der Waals surface area contributed by atoms with Crippen molar-refractivity contribution in [2.24, 2.45) is 0 Å². The highest BCUT2D eigenvalue weighted by molar-refractivity contribution is 5.75. The summed E-state index contributed by atoms with van der Waals surface area (Å²) >= 11 is 0. The highest BCUT2D eigenvalue weighted by Crippen LogP contribution is 1.91. The Bertz CT molecular complexity index is 151. The smallest absolute Gasteiger partial charge is 0.322 e. The first-order valence-electron chi connectivity index (χ1n) is 4.09. The number of rotatable bonds is 6. The summed E-state index contributed by atoms with van der Waals surface area (Å²) < 4.78 is 9.35. The zero-order valence-corrected chi connectivity index (χ0v) is 8.24. The van der Waals surface area contributed by atoms with E-state index < -0.39 is 6.04 Å². The van der Waals surface area contributed by atoms with Crippen molar-refractivity contribution in [1.82, 2.24) is 5.32 Å². The molecule has 2 atom stereocenters. The van der Waals surface area contributed by atoms with Crippen LogP contribution in [-0.2, 0) is 14.3 Å². The molecule has 5 nitrogen and oxygen atoms in total. The molecule has 0 bridgehead atoms. The topological polar surface area (TPSA) is 67.8 Å². The first-order chi connectivity index (χ1) is 6.15. The Morgan fingerprint density at radius 2 is 2.15 bits per heavy atom. The van der Waals surface area contributed by atoms with E-state index in [1.807, 2.05) is 0 Å². The molecule has 5 heteroatoms. The molecule has 0 aromatic rings. The van der Waals surface area contributed by atoms with Gasteiger partial charge in [0.05, 0.1) is 26.4 Å². The molecule has 0 aliphatic heterocycles. The van der Waals surface area contributed by atoms with E-state index in [0.717, 1.165) is 0 Å². The van der Waals surface area contributed by atoms with Crippen molar-refractivity contribution in [3.05, 3.63) is 0 Å². The normalized spacial score (nSPS) is 15.1. The van der Waals surface area contributed by atoms with E-state index in [0.29, 0.717) is 6.61 Å². The fourth-order valence-electron chi connectivity index (χ4n) is 0.953. The lowest BCUT2D eigenvalue weighted by Gasteiger charge is -2.19. The van der Waals surface area contributed by atoms with E-state index in [2.05, 4.69) is 10.1 Å². The number of ether oxygens (including phenoxy) is 2. The van der Waals surface area contributed by atoms with Crippen molar-refractivity contribution in [2.75, 3.05) is 27.4 Å². The van der Waals surface area contributed by atoms with Gasteiger partial charge < -0.3 is 14.6 Å². The standard InChI is InChI=1S/C8H17NO4/c1-6(8(11)13-3)9-7(4-10)5-12-2/h6-7,9-10H,4-5H2,1-3H3. The van der Waals surface area contributed by atoms with Crippen LogP contribution in [0.25, 0.3) is 0 Å². The van der Waals surface area contributed by atoms with E-state index in [9.17, 15) is 4.79 Å². The van der Waals surface area contributed by atoms with Crippen molar-refractivity contribution in [2.45, 2.75) is 19.0 Å². The molecule has 0 heterocycles. The van der Waals surface area contributed by atoms with Gasteiger partial charge in [0.15, 0.2) is 0 Å². The Labute approximate surface area is 78.0 Å². The van der Waals surface area contributed by atoms with Gasteiger partial charge in [-0.1, -0.05) is 0 Å². The maximum absolute atomic E-state index is 11.0. The highest BCUT2D eigenvalue weighted by atomic mass is 16.5. The Morgan fingerprint density at radius 3 is 2.54 bits per heavy atom. The molecule has 0 aliphatic carbocycles. The summed E-state index contributed by atoms with van der Waals surface area (Å²) in [6.45, 7) is 1.96. The molecule has 0 amide bonds. The van der Waals surface area contributed by atoms with Crippen LogP contribution >= 0.6 is 0 Å². The third kappa shape index (κ3) is 4.82. The van der Waals surface area contributed by atoms with Crippen LogP contribution in [0.3, 0.4) is 0 Å². The summed E-state index contributed by atoms with van der Waals surface area (Å²) in [5.74, 6) is -0.352. The monoisotopic (exact) mass is 191 g/mol. The van der Waals surface area contributed by atoms with Crippen molar-refractivity contribution >= 4 is 5.97 Å². The first-order valence-corrected chi connectivity index (χ1v) is 4.09. The second-order valence-electron chi connectivity index (χ2n) is 2.75. The molecule has 13 heavy (non-hydrogen) atoms. The van der Waals surface area contributed by atoms with Crippen LogP contribution in [-0.4, -0.2) is 50.6 Å². The largest absolute Gasteiger partial charge is 0.468 e. The van der Waals surface area contributed by atoms with Crippen LogP contribution < -0.4 is 5.32 Å².